The summed E-state index contributed by atoms with van der Waals surface area (Å²) < 4.78 is 5.69. The fourth-order valence-corrected chi connectivity index (χ4v) is 5.85. The number of fused-ring (bicyclic) bond motifs is 3. The van der Waals surface area contributed by atoms with Gasteiger partial charge in [0.2, 0.25) is 5.91 Å². The number of carbonyl (C=O) groups excluding carboxylic acids is 2. The van der Waals surface area contributed by atoms with Crippen molar-refractivity contribution in [3.63, 3.8) is 0 Å². The van der Waals surface area contributed by atoms with E-state index < -0.39 is 12.1 Å². The summed E-state index contributed by atoms with van der Waals surface area (Å²) in [4.78, 5) is 38.8. The molecule has 2 N–H and O–H groups in total. The summed E-state index contributed by atoms with van der Waals surface area (Å²) in [6.07, 6.45) is 2.13. The number of ether oxygens (including phenoxy) is 1. The lowest BCUT2D eigenvalue weighted by Gasteiger charge is -2.32. The largest absolute Gasteiger partial charge is 0.481 e. The van der Waals surface area contributed by atoms with Crippen LogP contribution in [0.1, 0.15) is 54.7 Å². The van der Waals surface area contributed by atoms with Crippen molar-refractivity contribution in [2.45, 2.75) is 50.6 Å². The lowest BCUT2D eigenvalue weighted by atomic mass is 9.85. The molecule has 0 unspecified atom stereocenters. The van der Waals surface area contributed by atoms with Gasteiger partial charge in [-0.1, -0.05) is 78.9 Å². The first kappa shape index (κ1) is 26.5. The van der Waals surface area contributed by atoms with Crippen molar-refractivity contribution in [3.8, 4) is 11.1 Å². The predicted molar refractivity (Wildman–Crippen MR) is 148 cm³/mol. The van der Waals surface area contributed by atoms with Crippen LogP contribution >= 0.6 is 0 Å². The van der Waals surface area contributed by atoms with E-state index in [2.05, 4.69) is 29.6 Å². The zero-order valence-electron chi connectivity index (χ0n) is 21.9. The van der Waals surface area contributed by atoms with Gasteiger partial charge in [-0.25, -0.2) is 4.79 Å². The van der Waals surface area contributed by atoms with Gasteiger partial charge < -0.3 is 20.1 Å². The molecule has 39 heavy (non-hydrogen) atoms. The third-order valence-electron chi connectivity index (χ3n) is 7.87. The van der Waals surface area contributed by atoms with Crippen LogP contribution < -0.4 is 5.32 Å². The topological polar surface area (TPSA) is 95.9 Å². The molecule has 3 aromatic rings. The summed E-state index contributed by atoms with van der Waals surface area (Å²) >= 11 is 0. The molecule has 0 aliphatic heterocycles. The van der Waals surface area contributed by atoms with E-state index in [0.29, 0.717) is 32.2 Å². The number of carbonyl (C=O) groups is 3. The second-order valence-corrected chi connectivity index (χ2v) is 10.4. The fraction of sp³-hybridized carbons (Fsp3) is 0.344. The third kappa shape index (κ3) is 6.30. The quantitative estimate of drug-likeness (QED) is 0.379. The van der Waals surface area contributed by atoms with Crippen LogP contribution in [-0.4, -0.2) is 47.2 Å². The molecule has 7 heteroatoms. The van der Waals surface area contributed by atoms with Gasteiger partial charge in [0.25, 0.3) is 0 Å². The molecule has 2 aliphatic rings. The highest BCUT2D eigenvalue weighted by atomic mass is 16.5. The molecule has 2 aliphatic carbocycles. The average molecular weight is 527 g/mol. The Morgan fingerprint density at radius 2 is 1.41 bits per heavy atom. The summed E-state index contributed by atoms with van der Waals surface area (Å²) in [6.45, 7) is 0.845. The standard InChI is InChI=1S/C32H34N2O5/c35-30(36)18-19-34(20-22-8-2-1-3-9-22)31(37)23-14-16-24(17-15-23)33-32(38)39-21-29-27-12-6-4-10-25(27)26-11-5-7-13-28(26)29/h1-13,23-24,29H,14-21H2,(H,33,38)(H,35,36). The lowest BCUT2D eigenvalue weighted by molar-refractivity contribution is -0.140. The number of carboxylic acids is 1. The van der Waals surface area contributed by atoms with Gasteiger partial charge in [-0.3, -0.25) is 9.59 Å². The number of nitrogens with one attached hydrogen (secondary N) is 1. The molecule has 1 fully saturated rings. The molecule has 1 saturated carbocycles. The average Bonchev–Trinajstić information content (AvgIpc) is 3.28. The summed E-state index contributed by atoms with van der Waals surface area (Å²) in [5, 5.41) is 12.2. The number of amides is 2. The van der Waals surface area contributed by atoms with Gasteiger partial charge in [0.15, 0.2) is 0 Å². The van der Waals surface area contributed by atoms with Crippen LogP contribution in [0.15, 0.2) is 78.9 Å². The molecule has 0 bridgehead atoms. The minimum absolute atomic E-state index is 0.0120. The molecule has 7 nitrogen and oxygen atoms in total. The highest BCUT2D eigenvalue weighted by Gasteiger charge is 2.32. The molecule has 5 rings (SSSR count). The number of hydrogen-bond donors (Lipinski definition) is 2. The minimum atomic E-state index is -0.920. The molecule has 0 saturated heterocycles. The van der Waals surface area contributed by atoms with Gasteiger partial charge in [-0.15, -0.1) is 0 Å². The Balaban J connectivity index is 1.12. The highest BCUT2D eigenvalue weighted by molar-refractivity contribution is 5.80. The van der Waals surface area contributed by atoms with Crippen molar-refractivity contribution in [1.82, 2.24) is 10.2 Å². The number of hydrogen-bond acceptors (Lipinski definition) is 4. The molecular weight excluding hydrogens is 492 g/mol. The van der Waals surface area contributed by atoms with E-state index in [1.165, 1.54) is 22.3 Å². The van der Waals surface area contributed by atoms with Crippen LogP contribution in [0, 0.1) is 5.92 Å². The van der Waals surface area contributed by atoms with Crippen molar-refractivity contribution in [2.75, 3.05) is 13.2 Å². The van der Waals surface area contributed by atoms with Crippen LogP contribution in [-0.2, 0) is 20.9 Å². The van der Waals surface area contributed by atoms with Crippen LogP contribution in [0.5, 0.6) is 0 Å². The first-order valence-electron chi connectivity index (χ1n) is 13.7. The number of carboxylic acid groups (broad SMARTS) is 1. The van der Waals surface area contributed by atoms with Gasteiger partial charge in [-0.05, 0) is 53.5 Å². The van der Waals surface area contributed by atoms with E-state index in [9.17, 15) is 14.4 Å². The van der Waals surface area contributed by atoms with Crippen molar-refractivity contribution in [3.05, 3.63) is 95.6 Å². The van der Waals surface area contributed by atoms with E-state index in [-0.39, 0.29) is 43.4 Å². The molecule has 0 heterocycles. The lowest BCUT2D eigenvalue weighted by Crippen LogP contribution is -2.43. The number of benzene rings is 3. The van der Waals surface area contributed by atoms with Gasteiger partial charge in [0, 0.05) is 31.0 Å². The molecule has 0 atom stereocenters. The number of aliphatic carboxylic acids is 1. The van der Waals surface area contributed by atoms with Gasteiger partial charge in [0.1, 0.15) is 6.61 Å². The summed E-state index contributed by atoms with van der Waals surface area (Å²) in [6, 6.07) is 26.1. The van der Waals surface area contributed by atoms with Crippen molar-refractivity contribution >= 4 is 18.0 Å². The Bertz CT molecular complexity index is 1270. The molecular formula is C32H34N2O5. The monoisotopic (exact) mass is 526 g/mol. The van der Waals surface area contributed by atoms with E-state index in [1.807, 2.05) is 54.6 Å². The predicted octanol–water partition coefficient (Wildman–Crippen LogP) is 5.59. The van der Waals surface area contributed by atoms with Gasteiger partial charge >= 0.3 is 12.1 Å². The maximum atomic E-state index is 13.3. The van der Waals surface area contributed by atoms with Crippen LogP contribution in [0.2, 0.25) is 0 Å². The van der Waals surface area contributed by atoms with E-state index in [1.54, 1.807) is 4.90 Å². The zero-order chi connectivity index (χ0) is 27.2. The summed E-state index contributed by atoms with van der Waals surface area (Å²) in [5.74, 6) is -1.10. The first-order valence-corrected chi connectivity index (χ1v) is 13.7. The SMILES string of the molecule is O=C(O)CCN(Cc1ccccc1)C(=O)C1CCC(NC(=O)OCC2c3ccccc3-c3ccccc32)CC1. The Kier molecular flexibility index (Phi) is 8.25. The van der Waals surface area contributed by atoms with Crippen molar-refractivity contribution in [1.29, 1.82) is 0 Å². The fourth-order valence-electron chi connectivity index (χ4n) is 5.85. The van der Waals surface area contributed by atoms with Crippen LogP contribution in [0.3, 0.4) is 0 Å². The molecule has 0 spiro atoms. The molecule has 2 amide bonds. The van der Waals surface area contributed by atoms with E-state index in [4.69, 9.17) is 9.84 Å². The minimum Gasteiger partial charge on any atom is -0.481 e. The summed E-state index contributed by atoms with van der Waals surface area (Å²) in [5.41, 5.74) is 5.70. The Hall–Kier alpha value is -4.13. The summed E-state index contributed by atoms with van der Waals surface area (Å²) in [7, 11) is 0. The molecule has 0 radical (unpaired) electrons. The zero-order valence-corrected chi connectivity index (χ0v) is 21.9. The smallest absolute Gasteiger partial charge is 0.407 e. The third-order valence-corrected chi connectivity index (χ3v) is 7.87. The maximum Gasteiger partial charge on any atom is 0.407 e. The normalized spacial score (nSPS) is 18.1. The van der Waals surface area contributed by atoms with Crippen molar-refractivity contribution < 1.29 is 24.2 Å². The molecule has 0 aromatic heterocycles. The molecule has 3 aromatic carbocycles. The van der Waals surface area contributed by atoms with Crippen LogP contribution in [0.25, 0.3) is 11.1 Å². The van der Waals surface area contributed by atoms with Gasteiger partial charge in [0.05, 0.1) is 6.42 Å². The second kappa shape index (κ2) is 12.2. The van der Waals surface area contributed by atoms with Crippen molar-refractivity contribution in [2.24, 2.45) is 5.92 Å². The van der Waals surface area contributed by atoms with E-state index >= 15 is 0 Å². The second-order valence-electron chi connectivity index (χ2n) is 10.4. The highest BCUT2D eigenvalue weighted by Crippen LogP contribution is 2.44. The van der Waals surface area contributed by atoms with Gasteiger partial charge in [-0.2, -0.15) is 0 Å². The molecule has 202 valence electrons. The van der Waals surface area contributed by atoms with Crippen LogP contribution in [0.4, 0.5) is 4.79 Å². The Morgan fingerprint density at radius 1 is 0.821 bits per heavy atom. The first-order chi connectivity index (χ1) is 19.0. The van der Waals surface area contributed by atoms with E-state index in [0.717, 1.165) is 5.56 Å². The number of rotatable bonds is 9. The Morgan fingerprint density at radius 3 is 2.03 bits per heavy atom. The Labute approximate surface area is 228 Å². The number of alkyl carbamates (subject to hydrolysis) is 1. The maximum absolute atomic E-state index is 13.3. The number of nitrogens with zero attached hydrogens (tertiary/aromatic N) is 1.